The molecule has 0 aliphatic heterocycles. The van der Waals surface area contributed by atoms with E-state index < -0.39 is 0 Å². The molecule has 0 aliphatic rings. The first-order valence-electron chi connectivity index (χ1n) is 5.19. The molecule has 0 bridgehead atoms. The van der Waals surface area contributed by atoms with Crippen LogP contribution in [0.1, 0.15) is 0 Å². The van der Waals surface area contributed by atoms with Crippen LogP contribution in [0.2, 0.25) is 0 Å². The molecule has 0 N–H and O–H groups in total. The summed E-state index contributed by atoms with van der Waals surface area (Å²) in [5, 5.41) is 11.7. The summed E-state index contributed by atoms with van der Waals surface area (Å²) in [4.78, 5) is 4.06. The van der Waals surface area contributed by atoms with E-state index in [9.17, 15) is 0 Å². The maximum Gasteiger partial charge on any atom is 0.187 e. The van der Waals surface area contributed by atoms with Crippen LogP contribution >= 0.6 is 0 Å². The van der Waals surface area contributed by atoms with Crippen LogP contribution < -0.4 is 0 Å². The molecule has 2 aromatic heterocycles. The van der Waals surface area contributed by atoms with Gasteiger partial charge in [0.05, 0.1) is 11.9 Å². The van der Waals surface area contributed by atoms with Gasteiger partial charge in [-0.05, 0) is 22.6 Å². The summed E-state index contributed by atoms with van der Waals surface area (Å²) in [6.07, 6.45) is 3.44. The van der Waals surface area contributed by atoms with Gasteiger partial charge in [0, 0.05) is 11.8 Å². The van der Waals surface area contributed by atoms with E-state index in [0.717, 1.165) is 11.3 Å². The average Bonchev–Trinajstić information content (AvgIpc) is 2.90. The lowest BCUT2D eigenvalue weighted by molar-refractivity contribution is 0.788. The molecule has 1 aromatic carbocycles. The number of pyridine rings is 1. The van der Waals surface area contributed by atoms with Gasteiger partial charge in [0.2, 0.25) is 0 Å². The highest BCUT2D eigenvalue weighted by molar-refractivity contribution is 5.56. The standard InChI is InChI=1S/C12H9N5/c1-2-5-10(6-3-1)12-14-15-16-17(12)11-7-4-8-13-9-11/h1-9H. The third-order valence-electron chi connectivity index (χ3n) is 2.39. The van der Waals surface area contributed by atoms with Crippen molar-refractivity contribution in [1.29, 1.82) is 0 Å². The van der Waals surface area contributed by atoms with E-state index in [1.807, 2.05) is 42.5 Å². The molecule has 0 aliphatic carbocycles. The minimum absolute atomic E-state index is 0.707. The number of rotatable bonds is 2. The molecule has 0 amide bonds. The van der Waals surface area contributed by atoms with Crippen molar-refractivity contribution in [2.45, 2.75) is 0 Å². The first kappa shape index (κ1) is 9.65. The zero-order chi connectivity index (χ0) is 11.5. The van der Waals surface area contributed by atoms with E-state index in [0.29, 0.717) is 5.82 Å². The van der Waals surface area contributed by atoms with Crippen molar-refractivity contribution < 1.29 is 0 Å². The second-order valence-electron chi connectivity index (χ2n) is 3.49. The van der Waals surface area contributed by atoms with Gasteiger partial charge in [-0.3, -0.25) is 4.98 Å². The highest BCUT2D eigenvalue weighted by atomic mass is 15.5. The predicted octanol–water partition coefficient (Wildman–Crippen LogP) is 1.72. The maximum absolute atomic E-state index is 4.06. The van der Waals surface area contributed by atoms with Gasteiger partial charge in [-0.25, -0.2) is 0 Å². The molecule has 0 radical (unpaired) electrons. The fourth-order valence-electron chi connectivity index (χ4n) is 1.61. The number of hydrogen-bond donors (Lipinski definition) is 0. The Kier molecular flexibility index (Phi) is 2.34. The van der Waals surface area contributed by atoms with E-state index in [2.05, 4.69) is 20.5 Å². The van der Waals surface area contributed by atoms with Gasteiger partial charge >= 0.3 is 0 Å². The zero-order valence-electron chi connectivity index (χ0n) is 8.93. The number of tetrazole rings is 1. The molecule has 3 rings (SSSR count). The fourth-order valence-corrected chi connectivity index (χ4v) is 1.61. The van der Waals surface area contributed by atoms with E-state index in [-0.39, 0.29) is 0 Å². The normalized spacial score (nSPS) is 10.4. The molecule has 0 saturated carbocycles. The molecule has 0 fully saturated rings. The Hall–Kier alpha value is -2.56. The minimum atomic E-state index is 0.707. The van der Waals surface area contributed by atoms with Gasteiger partial charge in [-0.15, -0.1) is 5.10 Å². The molecule has 17 heavy (non-hydrogen) atoms. The van der Waals surface area contributed by atoms with Crippen LogP contribution in [-0.4, -0.2) is 25.2 Å². The lowest BCUT2D eigenvalue weighted by Gasteiger charge is -2.03. The summed E-state index contributed by atoms with van der Waals surface area (Å²) in [5.74, 6) is 0.707. The van der Waals surface area contributed by atoms with Crippen LogP contribution in [0, 0.1) is 0 Å². The first-order chi connectivity index (χ1) is 8.45. The lowest BCUT2D eigenvalue weighted by atomic mass is 10.2. The van der Waals surface area contributed by atoms with Crippen molar-refractivity contribution in [3.05, 3.63) is 54.9 Å². The summed E-state index contributed by atoms with van der Waals surface area (Å²) in [6.45, 7) is 0. The topological polar surface area (TPSA) is 56.5 Å². The van der Waals surface area contributed by atoms with Gasteiger partial charge in [-0.2, -0.15) is 4.68 Å². The van der Waals surface area contributed by atoms with E-state index in [4.69, 9.17) is 0 Å². The van der Waals surface area contributed by atoms with Crippen molar-refractivity contribution in [2.75, 3.05) is 0 Å². The molecule has 5 heteroatoms. The smallest absolute Gasteiger partial charge is 0.187 e. The van der Waals surface area contributed by atoms with Crippen LogP contribution in [0.25, 0.3) is 17.1 Å². The van der Waals surface area contributed by atoms with Gasteiger partial charge in [-0.1, -0.05) is 30.3 Å². The van der Waals surface area contributed by atoms with Crippen molar-refractivity contribution in [3.8, 4) is 17.1 Å². The second-order valence-corrected chi connectivity index (χ2v) is 3.49. The summed E-state index contributed by atoms with van der Waals surface area (Å²) >= 11 is 0. The van der Waals surface area contributed by atoms with Gasteiger partial charge < -0.3 is 0 Å². The van der Waals surface area contributed by atoms with Crippen molar-refractivity contribution in [3.63, 3.8) is 0 Å². The Morgan fingerprint density at radius 1 is 0.941 bits per heavy atom. The monoisotopic (exact) mass is 223 g/mol. The largest absolute Gasteiger partial charge is 0.262 e. The molecule has 3 aromatic rings. The zero-order valence-corrected chi connectivity index (χ0v) is 8.93. The molecule has 5 nitrogen and oxygen atoms in total. The Labute approximate surface area is 97.7 Å². The number of hydrogen-bond acceptors (Lipinski definition) is 4. The Morgan fingerprint density at radius 3 is 2.59 bits per heavy atom. The molecular formula is C12H9N5. The number of aromatic nitrogens is 5. The molecule has 2 heterocycles. The molecular weight excluding hydrogens is 214 g/mol. The quantitative estimate of drug-likeness (QED) is 0.663. The highest BCUT2D eigenvalue weighted by Crippen LogP contribution is 2.17. The molecule has 0 saturated heterocycles. The van der Waals surface area contributed by atoms with Gasteiger partial charge in [0.15, 0.2) is 5.82 Å². The first-order valence-corrected chi connectivity index (χ1v) is 5.19. The summed E-state index contributed by atoms with van der Waals surface area (Å²) in [5.41, 5.74) is 1.82. The van der Waals surface area contributed by atoms with Crippen molar-refractivity contribution >= 4 is 0 Å². The summed E-state index contributed by atoms with van der Waals surface area (Å²) in [7, 11) is 0. The molecule has 0 spiro atoms. The third-order valence-corrected chi connectivity index (χ3v) is 2.39. The Balaban J connectivity index is 2.13. The van der Waals surface area contributed by atoms with Gasteiger partial charge in [0.1, 0.15) is 0 Å². The minimum Gasteiger partial charge on any atom is -0.262 e. The summed E-state index contributed by atoms with van der Waals surface area (Å²) < 4.78 is 1.67. The Bertz CT molecular complexity index is 549. The van der Waals surface area contributed by atoms with Crippen LogP contribution in [-0.2, 0) is 0 Å². The van der Waals surface area contributed by atoms with Crippen LogP contribution in [0.3, 0.4) is 0 Å². The third kappa shape index (κ3) is 1.78. The number of benzene rings is 1. The predicted molar refractivity (Wildman–Crippen MR) is 62.4 cm³/mol. The van der Waals surface area contributed by atoms with E-state index >= 15 is 0 Å². The maximum atomic E-state index is 4.06. The van der Waals surface area contributed by atoms with Crippen LogP contribution in [0.15, 0.2) is 54.9 Å². The lowest BCUT2D eigenvalue weighted by Crippen LogP contribution is -1.99. The van der Waals surface area contributed by atoms with Crippen molar-refractivity contribution in [2.24, 2.45) is 0 Å². The molecule has 82 valence electrons. The van der Waals surface area contributed by atoms with E-state index in [1.54, 1.807) is 17.1 Å². The highest BCUT2D eigenvalue weighted by Gasteiger charge is 2.09. The second kappa shape index (κ2) is 4.13. The Morgan fingerprint density at radius 2 is 1.82 bits per heavy atom. The van der Waals surface area contributed by atoms with Gasteiger partial charge in [0.25, 0.3) is 0 Å². The van der Waals surface area contributed by atoms with Crippen molar-refractivity contribution in [1.82, 2.24) is 25.2 Å². The summed E-state index contributed by atoms with van der Waals surface area (Å²) in [6, 6.07) is 13.6. The molecule has 0 atom stereocenters. The molecule has 0 unspecified atom stereocenters. The van der Waals surface area contributed by atoms with Crippen LogP contribution in [0.4, 0.5) is 0 Å². The van der Waals surface area contributed by atoms with Crippen LogP contribution in [0.5, 0.6) is 0 Å². The van der Waals surface area contributed by atoms with E-state index in [1.165, 1.54) is 0 Å². The average molecular weight is 223 g/mol. The SMILES string of the molecule is c1ccc(-c2nnnn2-c2cccnc2)cc1. The fraction of sp³-hybridized carbons (Fsp3) is 0. The number of nitrogens with zero attached hydrogens (tertiary/aromatic N) is 5.